The molecule has 126 valence electrons. The van der Waals surface area contributed by atoms with Gasteiger partial charge < -0.3 is 25.4 Å². The summed E-state index contributed by atoms with van der Waals surface area (Å²) < 4.78 is 10.8. The smallest absolute Gasteiger partial charge is 0.322 e. The van der Waals surface area contributed by atoms with Crippen LogP contribution < -0.4 is 15.8 Å². The second kappa shape index (κ2) is 7.82. The van der Waals surface area contributed by atoms with Crippen molar-refractivity contribution in [1.29, 1.82) is 0 Å². The van der Waals surface area contributed by atoms with Crippen molar-refractivity contribution in [3.05, 3.63) is 23.8 Å². The predicted molar refractivity (Wildman–Crippen MR) is 86.8 cm³/mol. The highest BCUT2D eigenvalue weighted by Crippen LogP contribution is 2.26. The van der Waals surface area contributed by atoms with Gasteiger partial charge in [-0.05, 0) is 38.0 Å². The van der Waals surface area contributed by atoms with Crippen LogP contribution in [0.2, 0.25) is 0 Å². The highest BCUT2D eigenvalue weighted by molar-refractivity contribution is 5.97. The van der Waals surface area contributed by atoms with E-state index >= 15 is 0 Å². The number of hydrogen-bond acceptors (Lipinski definition) is 4. The summed E-state index contributed by atoms with van der Waals surface area (Å²) in [6.45, 7) is 3.76. The maximum Gasteiger partial charge on any atom is 0.322 e. The third-order valence-corrected chi connectivity index (χ3v) is 3.84. The van der Waals surface area contributed by atoms with Crippen LogP contribution in [-0.2, 0) is 4.74 Å². The van der Waals surface area contributed by atoms with Gasteiger partial charge in [0.25, 0.3) is 0 Å². The summed E-state index contributed by atoms with van der Waals surface area (Å²) in [6.07, 6.45) is 2.07. The summed E-state index contributed by atoms with van der Waals surface area (Å²) in [5, 5.41) is 2.78. The van der Waals surface area contributed by atoms with Gasteiger partial charge in [-0.2, -0.15) is 0 Å². The molecule has 0 aliphatic carbocycles. The molecule has 1 atom stereocenters. The van der Waals surface area contributed by atoms with Crippen LogP contribution >= 0.6 is 0 Å². The lowest BCUT2D eigenvalue weighted by atomic mass is 10.1. The van der Waals surface area contributed by atoms with Crippen molar-refractivity contribution in [2.24, 2.45) is 5.73 Å². The van der Waals surface area contributed by atoms with Gasteiger partial charge in [0.15, 0.2) is 0 Å². The van der Waals surface area contributed by atoms with Gasteiger partial charge in [-0.25, -0.2) is 4.79 Å². The van der Waals surface area contributed by atoms with Gasteiger partial charge in [-0.15, -0.1) is 0 Å². The van der Waals surface area contributed by atoms with Crippen LogP contribution in [0, 0.1) is 0 Å². The van der Waals surface area contributed by atoms with Crippen LogP contribution in [0.25, 0.3) is 0 Å². The van der Waals surface area contributed by atoms with Crippen molar-refractivity contribution >= 4 is 17.6 Å². The molecule has 0 unspecified atom stereocenters. The van der Waals surface area contributed by atoms with Crippen molar-refractivity contribution in [2.75, 3.05) is 32.1 Å². The number of urea groups is 1. The molecule has 7 heteroatoms. The molecule has 23 heavy (non-hydrogen) atoms. The number of anilines is 1. The summed E-state index contributed by atoms with van der Waals surface area (Å²) in [4.78, 5) is 25.4. The average Bonchev–Trinajstić information content (AvgIpc) is 3.05. The second-order valence-corrected chi connectivity index (χ2v) is 5.38. The summed E-state index contributed by atoms with van der Waals surface area (Å²) in [5.74, 6) is -0.0913. The molecule has 0 radical (unpaired) electrons. The molecule has 1 saturated heterocycles. The minimum atomic E-state index is -0.560. The standard InChI is InChI=1S/C16H23N3O4/c1-3-19(10-12-5-4-8-23-12)16(21)18-13-9-11(15(17)20)6-7-14(13)22-2/h6-7,9,12H,3-5,8,10H2,1-2H3,(H2,17,20)(H,18,21)/t12-/m1/s1. The average molecular weight is 321 g/mol. The lowest BCUT2D eigenvalue weighted by Gasteiger charge is -2.24. The number of methoxy groups -OCH3 is 1. The van der Waals surface area contributed by atoms with Crippen molar-refractivity contribution in [3.63, 3.8) is 0 Å². The lowest BCUT2D eigenvalue weighted by molar-refractivity contribution is 0.0849. The van der Waals surface area contributed by atoms with Crippen molar-refractivity contribution in [2.45, 2.75) is 25.9 Å². The van der Waals surface area contributed by atoms with E-state index < -0.39 is 5.91 Å². The Kier molecular flexibility index (Phi) is 5.81. The van der Waals surface area contributed by atoms with Crippen LogP contribution in [0.1, 0.15) is 30.1 Å². The molecule has 0 bridgehead atoms. The molecule has 3 amide bonds. The van der Waals surface area contributed by atoms with E-state index in [0.29, 0.717) is 30.1 Å². The Morgan fingerprint density at radius 3 is 2.83 bits per heavy atom. The fraction of sp³-hybridized carbons (Fsp3) is 0.500. The molecule has 1 fully saturated rings. The third kappa shape index (κ3) is 4.35. The molecular formula is C16H23N3O4. The summed E-state index contributed by atoms with van der Waals surface area (Å²) in [5.41, 5.74) is 6.01. The van der Waals surface area contributed by atoms with Gasteiger partial charge in [0.05, 0.1) is 18.9 Å². The van der Waals surface area contributed by atoms with E-state index in [1.807, 2.05) is 6.92 Å². The number of hydrogen-bond donors (Lipinski definition) is 2. The number of benzene rings is 1. The van der Waals surface area contributed by atoms with Gasteiger partial charge in [0.1, 0.15) is 5.75 Å². The molecule has 1 aromatic carbocycles. The van der Waals surface area contributed by atoms with E-state index in [0.717, 1.165) is 19.4 Å². The van der Waals surface area contributed by atoms with Crippen LogP contribution in [0.5, 0.6) is 5.75 Å². The Labute approximate surface area is 135 Å². The molecule has 0 saturated carbocycles. The lowest BCUT2D eigenvalue weighted by Crippen LogP contribution is -2.40. The van der Waals surface area contributed by atoms with Crippen molar-refractivity contribution in [3.8, 4) is 5.75 Å². The molecule has 0 spiro atoms. The summed E-state index contributed by atoms with van der Waals surface area (Å²) in [7, 11) is 1.50. The predicted octanol–water partition coefficient (Wildman–Crippen LogP) is 1.83. The van der Waals surface area contributed by atoms with Gasteiger partial charge in [0.2, 0.25) is 5.91 Å². The van der Waals surface area contributed by atoms with Gasteiger partial charge in [-0.1, -0.05) is 0 Å². The topological polar surface area (TPSA) is 93.9 Å². The van der Waals surface area contributed by atoms with Gasteiger partial charge >= 0.3 is 6.03 Å². The molecular weight excluding hydrogens is 298 g/mol. The molecule has 2 rings (SSSR count). The number of nitrogens with two attached hydrogens (primary N) is 1. The Morgan fingerprint density at radius 2 is 2.26 bits per heavy atom. The third-order valence-electron chi connectivity index (χ3n) is 3.84. The number of primary amides is 1. The fourth-order valence-corrected chi connectivity index (χ4v) is 2.54. The van der Waals surface area contributed by atoms with Crippen LogP contribution in [0.15, 0.2) is 18.2 Å². The Balaban J connectivity index is 2.10. The zero-order valence-electron chi connectivity index (χ0n) is 13.5. The normalized spacial score (nSPS) is 16.9. The molecule has 0 aromatic heterocycles. The monoisotopic (exact) mass is 321 g/mol. The number of nitrogens with zero attached hydrogens (tertiary/aromatic N) is 1. The molecule has 1 aromatic rings. The Bertz CT molecular complexity index is 570. The zero-order chi connectivity index (χ0) is 16.8. The maximum atomic E-state index is 12.5. The van der Waals surface area contributed by atoms with E-state index in [4.69, 9.17) is 15.2 Å². The fourth-order valence-electron chi connectivity index (χ4n) is 2.54. The maximum absolute atomic E-state index is 12.5. The number of nitrogens with one attached hydrogen (secondary N) is 1. The first kappa shape index (κ1) is 17.1. The minimum absolute atomic E-state index is 0.0829. The molecule has 1 heterocycles. The van der Waals surface area contributed by atoms with Crippen molar-refractivity contribution in [1.82, 2.24) is 4.90 Å². The quantitative estimate of drug-likeness (QED) is 0.836. The zero-order valence-corrected chi connectivity index (χ0v) is 13.5. The second-order valence-electron chi connectivity index (χ2n) is 5.38. The highest BCUT2D eigenvalue weighted by atomic mass is 16.5. The number of rotatable bonds is 6. The first-order chi connectivity index (χ1) is 11.0. The number of likely N-dealkylation sites (N-methyl/N-ethyl adjacent to an activating group) is 1. The molecule has 7 nitrogen and oxygen atoms in total. The van der Waals surface area contributed by atoms with Gasteiger partial charge in [-0.3, -0.25) is 4.79 Å². The largest absolute Gasteiger partial charge is 0.495 e. The van der Waals surface area contributed by atoms with Crippen LogP contribution in [0.4, 0.5) is 10.5 Å². The molecule has 1 aliphatic heterocycles. The first-order valence-corrected chi connectivity index (χ1v) is 7.70. The number of carbonyl (C=O) groups is 2. The van der Waals surface area contributed by atoms with E-state index in [1.54, 1.807) is 17.0 Å². The highest BCUT2D eigenvalue weighted by Gasteiger charge is 2.22. The SMILES string of the molecule is CCN(C[C@H]1CCCO1)C(=O)Nc1cc(C(N)=O)ccc1OC. The molecule has 1 aliphatic rings. The van der Waals surface area contributed by atoms with Gasteiger partial charge in [0, 0.05) is 25.3 Å². The summed E-state index contributed by atoms with van der Waals surface area (Å²) >= 11 is 0. The molecule has 3 N–H and O–H groups in total. The van der Waals surface area contributed by atoms with Crippen molar-refractivity contribution < 1.29 is 19.1 Å². The summed E-state index contributed by atoms with van der Waals surface area (Å²) in [6, 6.07) is 4.41. The number of amides is 3. The van der Waals surface area contributed by atoms with Crippen LogP contribution in [0.3, 0.4) is 0 Å². The minimum Gasteiger partial charge on any atom is -0.495 e. The van der Waals surface area contributed by atoms with E-state index in [-0.39, 0.29) is 12.1 Å². The van der Waals surface area contributed by atoms with E-state index in [1.165, 1.54) is 13.2 Å². The Morgan fingerprint density at radius 1 is 1.48 bits per heavy atom. The Hall–Kier alpha value is -2.28. The van der Waals surface area contributed by atoms with E-state index in [9.17, 15) is 9.59 Å². The number of carbonyl (C=O) groups excluding carboxylic acids is 2. The first-order valence-electron chi connectivity index (χ1n) is 7.70. The number of ether oxygens (including phenoxy) is 2. The van der Waals surface area contributed by atoms with Crippen LogP contribution in [-0.4, -0.2) is 49.7 Å². The van der Waals surface area contributed by atoms with E-state index in [2.05, 4.69) is 5.32 Å².